The number of ether oxygens (including phenoxy) is 1. The zero-order valence-corrected chi connectivity index (χ0v) is 16.0. The number of nitro benzene ring substituents is 1. The van der Waals surface area contributed by atoms with E-state index in [1.54, 1.807) is 32.0 Å². The van der Waals surface area contributed by atoms with Crippen LogP contribution >= 0.6 is 0 Å². The summed E-state index contributed by atoms with van der Waals surface area (Å²) in [4.78, 5) is 35.4. The molecule has 0 aliphatic heterocycles. The van der Waals surface area contributed by atoms with Gasteiger partial charge in [-0.25, -0.2) is 0 Å². The third-order valence-corrected chi connectivity index (χ3v) is 4.07. The van der Waals surface area contributed by atoms with Crippen LogP contribution in [0.15, 0.2) is 54.6 Å². The lowest BCUT2D eigenvalue weighted by atomic mass is 10.0. The first kappa shape index (κ1) is 21.1. The fourth-order valence-corrected chi connectivity index (χ4v) is 2.83. The van der Waals surface area contributed by atoms with Crippen LogP contribution in [0.3, 0.4) is 0 Å². The highest BCUT2D eigenvalue weighted by atomic mass is 16.6. The van der Waals surface area contributed by atoms with E-state index < -0.39 is 16.9 Å². The molecule has 1 amide bonds. The van der Waals surface area contributed by atoms with E-state index in [4.69, 9.17) is 4.74 Å². The minimum absolute atomic E-state index is 0.145. The van der Waals surface area contributed by atoms with Crippen molar-refractivity contribution in [3.63, 3.8) is 0 Å². The van der Waals surface area contributed by atoms with Gasteiger partial charge in [0.25, 0.3) is 5.69 Å². The molecule has 2 rings (SSSR count). The van der Waals surface area contributed by atoms with E-state index in [1.165, 1.54) is 6.07 Å². The number of nitrogens with one attached hydrogen (secondary N) is 1. The van der Waals surface area contributed by atoms with Crippen LogP contribution < -0.4 is 5.32 Å². The second-order valence-electron chi connectivity index (χ2n) is 6.66. The van der Waals surface area contributed by atoms with Gasteiger partial charge in [-0.15, -0.1) is 0 Å². The van der Waals surface area contributed by atoms with Gasteiger partial charge in [0.15, 0.2) is 0 Å². The maximum absolute atomic E-state index is 12.5. The van der Waals surface area contributed by atoms with Crippen LogP contribution in [0.2, 0.25) is 0 Å². The number of rotatable bonds is 9. The lowest BCUT2D eigenvalue weighted by Crippen LogP contribution is -2.31. The first-order valence-electron chi connectivity index (χ1n) is 9.13. The topological polar surface area (TPSA) is 98.5 Å². The van der Waals surface area contributed by atoms with Crippen LogP contribution in [-0.2, 0) is 20.7 Å². The maximum atomic E-state index is 12.5. The lowest BCUT2D eigenvalue weighted by Gasteiger charge is -2.19. The van der Waals surface area contributed by atoms with E-state index in [-0.39, 0.29) is 36.1 Å². The number of amides is 1. The first-order chi connectivity index (χ1) is 13.4. The SMILES string of the molecule is CC(C)OC(=O)CC(NC(=O)CCc1ccccc1)c1ccccc1[N+](=O)[O-]. The number of carbonyl (C=O) groups is 2. The van der Waals surface area contributed by atoms with Gasteiger partial charge in [-0.2, -0.15) is 0 Å². The molecule has 0 aromatic heterocycles. The Bertz CT molecular complexity index is 821. The molecule has 7 nitrogen and oxygen atoms in total. The Hall–Kier alpha value is -3.22. The van der Waals surface area contributed by atoms with Crippen LogP contribution in [0.1, 0.15) is 43.9 Å². The fourth-order valence-electron chi connectivity index (χ4n) is 2.83. The molecule has 2 aromatic rings. The van der Waals surface area contributed by atoms with Gasteiger partial charge in [-0.3, -0.25) is 19.7 Å². The number of para-hydroxylation sites is 1. The van der Waals surface area contributed by atoms with Crippen molar-refractivity contribution in [1.82, 2.24) is 5.32 Å². The monoisotopic (exact) mass is 384 g/mol. The van der Waals surface area contributed by atoms with E-state index in [9.17, 15) is 19.7 Å². The molecule has 0 saturated heterocycles. The zero-order chi connectivity index (χ0) is 20.5. The van der Waals surface area contributed by atoms with Crippen molar-refractivity contribution < 1.29 is 19.2 Å². The van der Waals surface area contributed by atoms with Crippen molar-refractivity contribution in [3.8, 4) is 0 Å². The number of hydrogen-bond donors (Lipinski definition) is 1. The van der Waals surface area contributed by atoms with E-state index in [1.807, 2.05) is 30.3 Å². The van der Waals surface area contributed by atoms with Crippen molar-refractivity contribution >= 4 is 17.6 Å². The molecule has 1 N–H and O–H groups in total. The fraction of sp³-hybridized carbons (Fsp3) is 0.333. The molecule has 28 heavy (non-hydrogen) atoms. The summed E-state index contributed by atoms with van der Waals surface area (Å²) in [6.45, 7) is 3.44. The van der Waals surface area contributed by atoms with Crippen molar-refractivity contribution in [2.75, 3.05) is 0 Å². The Balaban J connectivity index is 2.15. The zero-order valence-electron chi connectivity index (χ0n) is 16.0. The number of aryl methyl sites for hydroxylation is 1. The maximum Gasteiger partial charge on any atom is 0.308 e. The minimum atomic E-state index is -0.837. The summed E-state index contributed by atoms with van der Waals surface area (Å²) in [6, 6.07) is 14.8. The van der Waals surface area contributed by atoms with Crippen LogP contribution in [0.4, 0.5) is 5.69 Å². The van der Waals surface area contributed by atoms with Gasteiger partial charge in [-0.05, 0) is 25.8 Å². The van der Waals surface area contributed by atoms with Crippen molar-refractivity contribution in [1.29, 1.82) is 0 Å². The highest BCUT2D eigenvalue weighted by Crippen LogP contribution is 2.27. The molecule has 0 radical (unpaired) electrons. The van der Waals surface area contributed by atoms with Gasteiger partial charge in [0.05, 0.1) is 29.1 Å². The summed E-state index contributed by atoms with van der Waals surface area (Å²) in [5.41, 5.74) is 1.15. The normalized spacial score (nSPS) is 11.7. The Labute approximate surface area is 163 Å². The molecule has 0 aliphatic carbocycles. The number of esters is 1. The van der Waals surface area contributed by atoms with Crippen molar-refractivity contribution in [3.05, 3.63) is 75.8 Å². The average Bonchev–Trinajstić information content (AvgIpc) is 2.66. The molecular weight excluding hydrogens is 360 g/mol. The van der Waals surface area contributed by atoms with Crippen LogP contribution in [-0.4, -0.2) is 22.9 Å². The molecule has 148 valence electrons. The van der Waals surface area contributed by atoms with Crippen LogP contribution in [0, 0.1) is 10.1 Å². The Kier molecular flexibility index (Phi) is 7.68. The van der Waals surface area contributed by atoms with Gasteiger partial charge in [0, 0.05) is 12.5 Å². The van der Waals surface area contributed by atoms with Crippen LogP contribution in [0.5, 0.6) is 0 Å². The largest absolute Gasteiger partial charge is 0.463 e. The van der Waals surface area contributed by atoms with E-state index >= 15 is 0 Å². The highest BCUT2D eigenvalue weighted by molar-refractivity contribution is 5.78. The molecule has 0 fully saturated rings. The van der Waals surface area contributed by atoms with Gasteiger partial charge >= 0.3 is 5.97 Å². The molecule has 1 unspecified atom stereocenters. The summed E-state index contributed by atoms with van der Waals surface area (Å²) >= 11 is 0. The number of benzene rings is 2. The number of nitro groups is 1. The molecule has 0 spiro atoms. The highest BCUT2D eigenvalue weighted by Gasteiger charge is 2.26. The van der Waals surface area contributed by atoms with E-state index in [2.05, 4.69) is 5.32 Å². The van der Waals surface area contributed by atoms with E-state index in [0.717, 1.165) is 5.56 Å². The summed E-state index contributed by atoms with van der Waals surface area (Å²) in [7, 11) is 0. The summed E-state index contributed by atoms with van der Waals surface area (Å²) in [5, 5.41) is 14.1. The predicted octanol–water partition coefficient (Wildman–Crippen LogP) is 3.73. The quantitative estimate of drug-likeness (QED) is 0.403. The minimum Gasteiger partial charge on any atom is -0.463 e. The third-order valence-electron chi connectivity index (χ3n) is 4.07. The number of nitrogens with zero attached hydrogens (tertiary/aromatic N) is 1. The molecule has 0 aliphatic rings. The van der Waals surface area contributed by atoms with Crippen molar-refractivity contribution in [2.45, 2.75) is 45.3 Å². The van der Waals surface area contributed by atoms with Gasteiger partial charge in [0.1, 0.15) is 0 Å². The summed E-state index contributed by atoms with van der Waals surface area (Å²) in [5.74, 6) is -0.814. The molecule has 1 atom stereocenters. The molecule has 0 heterocycles. The number of carbonyl (C=O) groups excluding carboxylic acids is 2. The third kappa shape index (κ3) is 6.50. The summed E-state index contributed by atoms with van der Waals surface area (Å²) in [6.07, 6.45) is 0.250. The van der Waals surface area contributed by atoms with Crippen LogP contribution in [0.25, 0.3) is 0 Å². The Morgan fingerprint density at radius 3 is 2.36 bits per heavy atom. The van der Waals surface area contributed by atoms with Gasteiger partial charge < -0.3 is 10.1 Å². The second kappa shape index (κ2) is 10.2. The van der Waals surface area contributed by atoms with E-state index in [0.29, 0.717) is 6.42 Å². The Morgan fingerprint density at radius 1 is 1.07 bits per heavy atom. The molecule has 2 aromatic carbocycles. The van der Waals surface area contributed by atoms with Gasteiger partial charge in [0.2, 0.25) is 5.91 Å². The first-order valence-corrected chi connectivity index (χ1v) is 9.13. The standard InChI is InChI=1S/C21H24N2O5/c1-15(2)28-21(25)14-18(17-10-6-7-11-19(17)23(26)27)22-20(24)13-12-16-8-4-3-5-9-16/h3-11,15,18H,12-14H2,1-2H3,(H,22,24). The molecule has 0 saturated carbocycles. The average molecular weight is 384 g/mol. The lowest BCUT2D eigenvalue weighted by molar-refractivity contribution is -0.385. The molecule has 7 heteroatoms. The van der Waals surface area contributed by atoms with Gasteiger partial charge in [-0.1, -0.05) is 48.5 Å². The Morgan fingerprint density at radius 2 is 1.71 bits per heavy atom. The predicted molar refractivity (Wildman–Crippen MR) is 105 cm³/mol. The second-order valence-corrected chi connectivity index (χ2v) is 6.66. The number of hydrogen-bond acceptors (Lipinski definition) is 5. The summed E-state index contributed by atoms with van der Waals surface area (Å²) < 4.78 is 5.15. The van der Waals surface area contributed by atoms with Crippen molar-refractivity contribution in [2.24, 2.45) is 0 Å². The molecule has 0 bridgehead atoms. The smallest absolute Gasteiger partial charge is 0.308 e. The molecular formula is C21H24N2O5.